The Morgan fingerprint density at radius 1 is 1.14 bits per heavy atom. The molecule has 0 aromatic heterocycles. The third kappa shape index (κ3) is 4.23. The molecule has 2 rings (SSSR count). The van der Waals surface area contributed by atoms with E-state index in [0.717, 1.165) is 6.54 Å². The van der Waals surface area contributed by atoms with Crippen LogP contribution in [0, 0.1) is 19.3 Å². The van der Waals surface area contributed by atoms with E-state index in [2.05, 4.69) is 56.2 Å². The lowest BCUT2D eigenvalue weighted by Crippen LogP contribution is -2.44. The molecule has 1 aromatic carbocycles. The van der Waals surface area contributed by atoms with Crippen molar-refractivity contribution in [1.29, 1.82) is 0 Å². The van der Waals surface area contributed by atoms with Gasteiger partial charge >= 0.3 is 0 Å². The molecule has 1 N–H and O–H groups in total. The van der Waals surface area contributed by atoms with Gasteiger partial charge in [-0.15, -0.1) is 0 Å². The number of hydrogen-bond donors (Lipinski definition) is 1. The van der Waals surface area contributed by atoms with E-state index in [-0.39, 0.29) is 0 Å². The first-order valence-corrected chi connectivity index (χ1v) is 8.55. The minimum Gasteiger partial charge on any atom is -0.374 e. The minimum atomic E-state index is 0.459. The maximum Gasteiger partial charge on any atom is 0.0393 e. The number of aryl methyl sites for hydroxylation is 2. The fourth-order valence-electron chi connectivity index (χ4n) is 3.90. The molecule has 1 aromatic rings. The summed E-state index contributed by atoms with van der Waals surface area (Å²) >= 11 is 0. The first kappa shape index (κ1) is 16.4. The van der Waals surface area contributed by atoms with Crippen molar-refractivity contribution in [2.75, 3.05) is 31.6 Å². The summed E-state index contributed by atoms with van der Waals surface area (Å²) in [6.45, 7) is 10.0. The molecule has 0 atom stereocenters. The third-order valence-electron chi connectivity index (χ3n) is 5.00. The number of nitrogens with one attached hydrogen (secondary N) is 1. The van der Waals surface area contributed by atoms with E-state index in [4.69, 9.17) is 0 Å². The molecule has 0 spiro atoms. The van der Waals surface area contributed by atoms with E-state index >= 15 is 0 Å². The molecule has 0 saturated heterocycles. The van der Waals surface area contributed by atoms with Crippen LogP contribution in [0.4, 0.5) is 5.69 Å². The molecular weight excluding hydrogens is 256 g/mol. The molecule has 0 unspecified atom stereocenters. The molecule has 1 aliphatic carbocycles. The highest BCUT2D eigenvalue weighted by atomic mass is 15.1. The highest BCUT2D eigenvalue weighted by Crippen LogP contribution is 2.37. The average molecular weight is 288 g/mol. The van der Waals surface area contributed by atoms with Crippen LogP contribution in [-0.4, -0.2) is 26.7 Å². The standard InChI is InChI=1S/C19H32N2/c1-5-20-14-19(11-7-6-8-12-19)15-21(4)18-10-9-16(2)13-17(18)3/h9-10,13,20H,5-8,11-12,14-15H2,1-4H3. The molecule has 0 bridgehead atoms. The van der Waals surface area contributed by atoms with Gasteiger partial charge in [0.1, 0.15) is 0 Å². The molecule has 2 nitrogen and oxygen atoms in total. The SMILES string of the molecule is CCNCC1(CN(C)c2ccc(C)cc2C)CCCCC1. The summed E-state index contributed by atoms with van der Waals surface area (Å²) in [6.07, 6.45) is 6.95. The predicted molar refractivity (Wildman–Crippen MR) is 93.2 cm³/mol. The number of benzene rings is 1. The first-order valence-electron chi connectivity index (χ1n) is 8.55. The predicted octanol–water partition coefficient (Wildman–Crippen LogP) is 4.30. The Bertz CT molecular complexity index is 447. The van der Waals surface area contributed by atoms with Crippen molar-refractivity contribution in [3.8, 4) is 0 Å². The summed E-state index contributed by atoms with van der Waals surface area (Å²) in [5.74, 6) is 0. The largest absolute Gasteiger partial charge is 0.374 e. The van der Waals surface area contributed by atoms with E-state index in [9.17, 15) is 0 Å². The Morgan fingerprint density at radius 2 is 1.86 bits per heavy atom. The number of nitrogens with zero attached hydrogens (tertiary/aromatic N) is 1. The van der Waals surface area contributed by atoms with Crippen LogP contribution in [0.5, 0.6) is 0 Å². The van der Waals surface area contributed by atoms with Crippen molar-refractivity contribution in [2.45, 2.75) is 52.9 Å². The maximum absolute atomic E-state index is 3.61. The molecule has 0 radical (unpaired) electrons. The lowest BCUT2D eigenvalue weighted by Gasteiger charge is -2.41. The Hall–Kier alpha value is -1.02. The molecule has 0 heterocycles. The van der Waals surface area contributed by atoms with Gasteiger partial charge in [0, 0.05) is 31.2 Å². The summed E-state index contributed by atoms with van der Waals surface area (Å²) in [6, 6.07) is 6.81. The first-order chi connectivity index (χ1) is 10.1. The summed E-state index contributed by atoms with van der Waals surface area (Å²) < 4.78 is 0. The van der Waals surface area contributed by atoms with Crippen LogP contribution in [0.15, 0.2) is 18.2 Å². The monoisotopic (exact) mass is 288 g/mol. The van der Waals surface area contributed by atoms with Crippen molar-refractivity contribution in [3.05, 3.63) is 29.3 Å². The van der Waals surface area contributed by atoms with Crippen LogP contribution in [0.3, 0.4) is 0 Å². The third-order valence-corrected chi connectivity index (χ3v) is 5.00. The lowest BCUT2D eigenvalue weighted by molar-refractivity contribution is 0.190. The van der Waals surface area contributed by atoms with Gasteiger partial charge in [0.25, 0.3) is 0 Å². The molecule has 1 saturated carbocycles. The fourth-order valence-corrected chi connectivity index (χ4v) is 3.90. The van der Waals surface area contributed by atoms with E-state index in [1.807, 2.05) is 0 Å². The van der Waals surface area contributed by atoms with Crippen LogP contribution in [-0.2, 0) is 0 Å². The van der Waals surface area contributed by atoms with Crippen molar-refractivity contribution < 1.29 is 0 Å². The Kier molecular flexibility index (Phi) is 5.69. The molecular formula is C19H32N2. The summed E-state index contributed by atoms with van der Waals surface area (Å²) in [5, 5.41) is 3.61. The Balaban J connectivity index is 2.11. The topological polar surface area (TPSA) is 15.3 Å². The zero-order valence-electron chi connectivity index (χ0n) is 14.3. The lowest BCUT2D eigenvalue weighted by atomic mass is 9.73. The molecule has 118 valence electrons. The van der Waals surface area contributed by atoms with Gasteiger partial charge in [-0.25, -0.2) is 0 Å². The van der Waals surface area contributed by atoms with Crippen molar-refractivity contribution >= 4 is 5.69 Å². The molecule has 1 aliphatic rings. The van der Waals surface area contributed by atoms with Crippen molar-refractivity contribution in [2.24, 2.45) is 5.41 Å². The van der Waals surface area contributed by atoms with Crippen LogP contribution in [0.1, 0.15) is 50.2 Å². The summed E-state index contributed by atoms with van der Waals surface area (Å²) in [4.78, 5) is 2.48. The van der Waals surface area contributed by atoms with Gasteiger partial charge in [-0.2, -0.15) is 0 Å². The fraction of sp³-hybridized carbons (Fsp3) is 0.684. The molecule has 1 fully saturated rings. The van der Waals surface area contributed by atoms with Gasteiger partial charge in [-0.05, 0) is 44.9 Å². The molecule has 21 heavy (non-hydrogen) atoms. The molecule has 0 aliphatic heterocycles. The summed E-state index contributed by atoms with van der Waals surface area (Å²) in [7, 11) is 2.26. The van der Waals surface area contributed by atoms with Gasteiger partial charge in [0.15, 0.2) is 0 Å². The Labute approximate surface area is 130 Å². The normalized spacial score (nSPS) is 17.7. The number of rotatable bonds is 6. The van der Waals surface area contributed by atoms with E-state index in [0.29, 0.717) is 5.41 Å². The minimum absolute atomic E-state index is 0.459. The van der Waals surface area contributed by atoms with Crippen LogP contribution in [0.25, 0.3) is 0 Å². The van der Waals surface area contributed by atoms with Crippen LogP contribution < -0.4 is 10.2 Å². The second kappa shape index (κ2) is 7.31. The zero-order valence-corrected chi connectivity index (χ0v) is 14.3. The summed E-state index contributed by atoms with van der Waals surface area (Å²) in [5.41, 5.74) is 4.60. The van der Waals surface area contributed by atoms with Crippen molar-refractivity contribution in [3.63, 3.8) is 0 Å². The highest BCUT2D eigenvalue weighted by Gasteiger charge is 2.33. The number of anilines is 1. The van der Waals surface area contributed by atoms with E-state index < -0.39 is 0 Å². The Morgan fingerprint density at radius 3 is 2.48 bits per heavy atom. The smallest absolute Gasteiger partial charge is 0.0393 e. The molecule has 0 amide bonds. The van der Waals surface area contributed by atoms with E-state index in [1.54, 1.807) is 0 Å². The average Bonchev–Trinajstić information content (AvgIpc) is 2.46. The van der Waals surface area contributed by atoms with Crippen LogP contribution >= 0.6 is 0 Å². The number of hydrogen-bond acceptors (Lipinski definition) is 2. The van der Waals surface area contributed by atoms with Gasteiger partial charge < -0.3 is 10.2 Å². The van der Waals surface area contributed by atoms with Gasteiger partial charge in [0.2, 0.25) is 0 Å². The van der Waals surface area contributed by atoms with Gasteiger partial charge in [-0.3, -0.25) is 0 Å². The maximum atomic E-state index is 3.61. The van der Waals surface area contributed by atoms with Crippen molar-refractivity contribution in [1.82, 2.24) is 5.32 Å². The van der Waals surface area contributed by atoms with Gasteiger partial charge in [0.05, 0.1) is 0 Å². The quantitative estimate of drug-likeness (QED) is 0.839. The van der Waals surface area contributed by atoms with E-state index in [1.165, 1.54) is 62.0 Å². The van der Waals surface area contributed by atoms with Gasteiger partial charge in [-0.1, -0.05) is 43.9 Å². The second-order valence-corrected chi connectivity index (χ2v) is 6.99. The zero-order chi connectivity index (χ0) is 15.3. The second-order valence-electron chi connectivity index (χ2n) is 6.99. The van der Waals surface area contributed by atoms with Crippen LogP contribution in [0.2, 0.25) is 0 Å². The highest BCUT2D eigenvalue weighted by molar-refractivity contribution is 5.54. The molecule has 2 heteroatoms.